The standard InChI is InChI=1S/C8H4Cl2O4.C7H7NO2.2H2O/c9-5-1-3(7(11)12)4(8(13)14)2-6(5)10;8-6-4-2-1-3-5(6)7(9)10;;/h1-2H,(H,11,12)(H,13,14);1-4H,8H2,(H,9,10);2*1H2. The smallest absolute Gasteiger partial charge is 0.341 e. The van der Waals surface area contributed by atoms with Crippen LogP contribution < -0.4 is 10.8 Å². The van der Waals surface area contributed by atoms with Gasteiger partial charge in [0.15, 0.2) is 0 Å². The van der Waals surface area contributed by atoms with E-state index in [-0.39, 0.29) is 26.6 Å². The summed E-state index contributed by atoms with van der Waals surface area (Å²) in [5.41, 5.74) is 3.44. The molecule has 0 saturated carbocycles. The van der Waals surface area contributed by atoms with Crippen LogP contribution in [0.1, 0.15) is 31.1 Å². The Hall–Kier alpha value is -2.69. The second kappa shape index (κ2) is 11.0. The maximum Gasteiger partial charge on any atom is 0.341 e. The molecular formula is C15H15Cl2NO8. The molecule has 0 atom stereocenters. The number of carboxylic acid groups (broad SMARTS) is 3. The van der Waals surface area contributed by atoms with Gasteiger partial charge in [0.2, 0.25) is 0 Å². The zero-order valence-corrected chi connectivity index (χ0v) is 14.5. The fourth-order valence-corrected chi connectivity index (χ4v) is 1.95. The first-order chi connectivity index (χ1) is 11.1. The zero-order chi connectivity index (χ0) is 18.4. The van der Waals surface area contributed by atoms with E-state index in [1.54, 1.807) is 18.2 Å². The Kier molecular flexibility index (Phi) is 10.8. The van der Waals surface area contributed by atoms with Crippen molar-refractivity contribution in [3.8, 4) is 0 Å². The van der Waals surface area contributed by atoms with Crippen molar-refractivity contribution in [1.82, 2.24) is 0 Å². The molecule has 0 amide bonds. The van der Waals surface area contributed by atoms with E-state index >= 15 is 0 Å². The maximum absolute atomic E-state index is 10.6. The number of carbonyl (C=O) groups is 3. The molecule has 0 aliphatic carbocycles. The number of benzene rings is 2. The van der Waals surface area contributed by atoms with Crippen molar-refractivity contribution in [2.24, 2.45) is 0 Å². The summed E-state index contributed by atoms with van der Waals surface area (Å²) in [6.45, 7) is 0. The Morgan fingerprint density at radius 3 is 1.62 bits per heavy atom. The summed E-state index contributed by atoms with van der Waals surface area (Å²) in [6, 6.07) is 8.56. The Morgan fingerprint density at radius 1 is 0.846 bits per heavy atom. The summed E-state index contributed by atoms with van der Waals surface area (Å²) in [5.74, 6) is -3.94. The van der Waals surface area contributed by atoms with E-state index in [0.29, 0.717) is 5.69 Å². The van der Waals surface area contributed by atoms with Gasteiger partial charge in [-0.15, -0.1) is 0 Å². The van der Waals surface area contributed by atoms with Gasteiger partial charge in [-0.25, -0.2) is 9.59 Å². The van der Waals surface area contributed by atoms with Crippen LogP contribution in [0.3, 0.4) is 0 Å². The fourth-order valence-electron chi connectivity index (χ4n) is 1.62. The summed E-state index contributed by atoms with van der Waals surface area (Å²) in [5, 5.41) is 27.6. The quantitative estimate of drug-likeness (QED) is 0.619. The normalized spacial score (nSPS) is 8.88. The molecule has 0 bridgehead atoms. The summed E-state index contributed by atoms with van der Waals surface area (Å²) in [6.07, 6.45) is 0. The predicted molar refractivity (Wildman–Crippen MR) is 90.9 cm³/mol. The van der Waals surface area contributed by atoms with Crippen LogP contribution in [0, 0.1) is 0 Å². The molecule has 2 aromatic rings. The summed E-state index contributed by atoms with van der Waals surface area (Å²) >= 11 is 11.0. The molecule has 0 heterocycles. The van der Waals surface area contributed by atoms with Crippen LogP contribution in [0.25, 0.3) is 0 Å². The molecule has 0 spiro atoms. The minimum atomic E-state index is -1.61. The average molecular weight is 408 g/mol. The van der Waals surface area contributed by atoms with Crippen molar-refractivity contribution in [2.75, 3.05) is 0 Å². The van der Waals surface area contributed by atoms with E-state index in [1.807, 2.05) is 0 Å². The molecule has 9 N–H and O–H groups in total. The number of halogens is 2. The third-order valence-electron chi connectivity index (χ3n) is 2.76. The lowest BCUT2D eigenvalue weighted by atomic mass is 10.1. The summed E-state index contributed by atoms with van der Waals surface area (Å²) < 4.78 is 0. The van der Waals surface area contributed by atoms with Gasteiger partial charge in [0, 0.05) is 5.56 Å². The van der Waals surface area contributed by atoms with Gasteiger partial charge in [-0.1, -0.05) is 35.3 Å². The molecule has 142 valence electrons. The van der Waals surface area contributed by atoms with Crippen molar-refractivity contribution >= 4 is 46.8 Å². The number of quaternary nitrogens is 1. The van der Waals surface area contributed by atoms with Gasteiger partial charge in [-0.2, -0.15) is 0 Å². The van der Waals surface area contributed by atoms with E-state index < -0.39 is 29.0 Å². The molecule has 0 unspecified atom stereocenters. The van der Waals surface area contributed by atoms with Gasteiger partial charge in [0.1, 0.15) is 11.3 Å². The van der Waals surface area contributed by atoms with Crippen LogP contribution in [-0.2, 0) is 0 Å². The highest BCUT2D eigenvalue weighted by Crippen LogP contribution is 2.25. The Morgan fingerprint density at radius 2 is 1.27 bits per heavy atom. The molecule has 9 nitrogen and oxygen atoms in total. The molecule has 0 fully saturated rings. The molecule has 0 aliphatic rings. The Balaban J connectivity index is 0. The third kappa shape index (κ3) is 6.67. The number of rotatable bonds is 3. The molecule has 0 aromatic heterocycles. The zero-order valence-electron chi connectivity index (χ0n) is 13.0. The van der Waals surface area contributed by atoms with Gasteiger partial charge < -0.3 is 36.8 Å². The number of aromatic carboxylic acids is 3. The number of hydrogen-bond acceptors (Lipinski definition) is 4. The van der Waals surface area contributed by atoms with Crippen molar-refractivity contribution in [3.05, 3.63) is 63.1 Å². The number of hydrogen-bond donors (Lipinski definition) is 3. The Labute approximate surface area is 156 Å². The molecule has 2 rings (SSSR count). The van der Waals surface area contributed by atoms with Crippen LogP contribution in [0.5, 0.6) is 0 Å². The van der Waals surface area contributed by atoms with Crippen molar-refractivity contribution in [3.63, 3.8) is 0 Å². The first kappa shape index (κ1) is 25.5. The molecule has 0 radical (unpaired) electrons. The fraction of sp³-hybridized carbons (Fsp3) is 0. The average Bonchev–Trinajstić information content (AvgIpc) is 2.50. The number of carbonyl (C=O) groups excluding carboxylic acids is 1. The topological polar surface area (TPSA) is 205 Å². The number of carboxylic acids is 3. The maximum atomic E-state index is 10.6. The van der Waals surface area contributed by atoms with E-state index in [9.17, 15) is 19.5 Å². The molecule has 26 heavy (non-hydrogen) atoms. The van der Waals surface area contributed by atoms with Crippen molar-refractivity contribution in [2.45, 2.75) is 0 Å². The summed E-state index contributed by atoms with van der Waals surface area (Å²) in [4.78, 5) is 31.5. The SMILES string of the molecule is O.O.O=C([O-])c1cc(Cl)c(Cl)cc1C(=O)O.[NH3+]c1ccccc1C(=O)O. The van der Waals surface area contributed by atoms with E-state index in [4.69, 9.17) is 33.4 Å². The first-order valence-corrected chi connectivity index (χ1v) is 6.98. The predicted octanol–water partition coefficient (Wildman–Crippen LogP) is -0.336. The van der Waals surface area contributed by atoms with E-state index in [0.717, 1.165) is 12.1 Å². The van der Waals surface area contributed by atoms with Gasteiger partial charge in [-0.05, 0) is 24.3 Å². The third-order valence-corrected chi connectivity index (χ3v) is 3.48. The lowest BCUT2D eigenvalue weighted by Gasteiger charge is -2.08. The Bertz CT molecular complexity index is 771. The van der Waals surface area contributed by atoms with Gasteiger partial charge in [-0.3, -0.25) is 0 Å². The first-order valence-electron chi connectivity index (χ1n) is 6.23. The second-order valence-corrected chi connectivity index (χ2v) is 5.18. The van der Waals surface area contributed by atoms with Gasteiger partial charge >= 0.3 is 11.9 Å². The molecule has 11 heteroatoms. The molecule has 0 aliphatic heterocycles. The molecule has 0 saturated heterocycles. The minimum Gasteiger partial charge on any atom is -0.545 e. The monoisotopic (exact) mass is 407 g/mol. The molecule has 2 aromatic carbocycles. The van der Waals surface area contributed by atoms with Crippen molar-refractivity contribution < 1.29 is 46.4 Å². The van der Waals surface area contributed by atoms with Crippen LogP contribution in [-0.4, -0.2) is 39.1 Å². The van der Waals surface area contributed by atoms with E-state index in [1.165, 1.54) is 6.07 Å². The second-order valence-electron chi connectivity index (χ2n) is 4.37. The highest BCUT2D eigenvalue weighted by molar-refractivity contribution is 6.42. The minimum absolute atomic E-state index is 0. The highest BCUT2D eigenvalue weighted by Gasteiger charge is 2.13. The van der Waals surface area contributed by atoms with Crippen LogP contribution >= 0.6 is 23.2 Å². The van der Waals surface area contributed by atoms with Crippen molar-refractivity contribution in [1.29, 1.82) is 0 Å². The molecular weight excluding hydrogens is 393 g/mol. The van der Waals surface area contributed by atoms with E-state index in [2.05, 4.69) is 5.73 Å². The lowest BCUT2D eigenvalue weighted by molar-refractivity contribution is -0.256. The lowest BCUT2D eigenvalue weighted by Crippen LogP contribution is -2.41. The van der Waals surface area contributed by atoms with Gasteiger partial charge in [0.05, 0.1) is 21.6 Å². The highest BCUT2D eigenvalue weighted by atomic mass is 35.5. The van der Waals surface area contributed by atoms with Crippen LogP contribution in [0.2, 0.25) is 10.0 Å². The van der Waals surface area contributed by atoms with Crippen LogP contribution in [0.4, 0.5) is 5.69 Å². The van der Waals surface area contributed by atoms with Crippen LogP contribution in [0.15, 0.2) is 36.4 Å². The largest absolute Gasteiger partial charge is 0.545 e. The van der Waals surface area contributed by atoms with Gasteiger partial charge in [0.25, 0.3) is 0 Å². The summed E-state index contributed by atoms with van der Waals surface area (Å²) in [7, 11) is 0.